The normalized spacial score (nSPS) is 11.6. The zero-order valence-corrected chi connectivity index (χ0v) is 9.82. The topological polar surface area (TPSA) is 27.1 Å². The molecule has 0 N–H and O–H groups in total. The Morgan fingerprint density at radius 2 is 1.94 bits per heavy atom. The molecule has 0 unspecified atom stereocenters. The van der Waals surface area contributed by atoms with Crippen LogP contribution in [0.1, 0.15) is 11.3 Å². The lowest BCUT2D eigenvalue weighted by Gasteiger charge is -2.12. The van der Waals surface area contributed by atoms with E-state index in [1.165, 1.54) is 6.07 Å². The van der Waals surface area contributed by atoms with Crippen molar-refractivity contribution in [1.29, 1.82) is 0 Å². The molecule has 0 saturated heterocycles. The smallest absolute Gasteiger partial charge is 0.406 e. The van der Waals surface area contributed by atoms with Crippen LogP contribution in [0.25, 0.3) is 5.69 Å². The van der Waals surface area contributed by atoms with Crippen LogP contribution in [-0.2, 0) is 0 Å². The highest BCUT2D eigenvalue weighted by Crippen LogP contribution is 2.27. The Bertz CT molecular complexity index is 561. The number of nitrogens with zero attached hydrogens (tertiary/aromatic N) is 2. The average Bonchev–Trinajstić information content (AvgIpc) is 2.66. The van der Waals surface area contributed by atoms with Gasteiger partial charge in [-0.3, -0.25) is 0 Å². The number of rotatable bonds is 2. The van der Waals surface area contributed by atoms with Gasteiger partial charge in [0.15, 0.2) is 0 Å². The quantitative estimate of drug-likeness (QED) is 0.823. The number of benzene rings is 1. The van der Waals surface area contributed by atoms with Crippen molar-refractivity contribution in [3.05, 3.63) is 42.0 Å². The predicted octanol–water partition coefficient (Wildman–Crippen LogP) is 3.39. The number of aromatic nitrogens is 2. The third kappa shape index (κ3) is 2.82. The Balaban J connectivity index is 2.30. The molecule has 2 aromatic rings. The van der Waals surface area contributed by atoms with Crippen molar-refractivity contribution < 1.29 is 17.9 Å². The second-order valence-electron chi connectivity index (χ2n) is 3.92. The molecule has 1 aromatic heterocycles. The molecule has 0 aliphatic carbocycles. The third-order valence-electron chi connectivity index (χ3n) is 2.39. The highest BCUT2D eigenvalue weighted by molar-refractivity contribution is 5.43. The first-order valence-corrected chi connectivity index (χ1v) is 5.22. The molecule has 0 atom stereocenters. The maximum atomic E-state index is 12.1. The summed E-state index contributed by atoms with van der Waals surface area (Å²) in [6.45, 7) is 3.40. The zero-order valence-electron chi connectivity index (χ0n) is 9.82. The lowest BCUT2D eigenvalue weighted by molar-refractivity contribution is -0.274. The molecule has 0 amide bonds. The van der Waals surface area contributed by atoms with Crippen LogP contribution < -0.4 is 4.74 Å². The Morgan fingerprint density at radius 3 is 2.44 bits per heavy atom. The fourth-order valence-electron chi connectivity index (χ4n) is 1.60. The molecule has 0 spiro atoms. The second-order valence-corrected chi connectivity index (χ2v) is 3.92. The Kier molecular flexibility index (Phi) is 3.02. The van der Waals surface area contributed by atoms with Crippen LogP contribution in [0.15, 0.2) is 30.7 Å². The number of ether oxygens (including phenoxy) is 1. The van der Waals surface area contributed by atoms with Crippen molar-refractivity contribution in [1.82, 2.24) is 9.55 Å². The molecule has 3 nitrogen and oxygen atoms in total. The van der Waals surface area contributed by atoms with E-state index in [9.17, 15) is 13.2 Å². The maximum Gasteiger partial charge on any atom is 0.573 e. The highest BCUT2D eigenvalue weighted by Gasteiger charge is 2.31. The molecule has 0 radical (unpaired) electrons. The molecular weight excluding hydrogens is 245 g/mol. The number of imidazole rings is 1. The van der Waals surface area contributed by atoms with E-state index in [-0.39, 0.29) is 5.75 Å². The molecule has 18 heavy (non-hydrogen) atoms. The van der Waals surface area contributed by atoms with E-state index in [1.807, 2.05) is 6.92 Å². The molecule has 0 aliphatic heterocycles. The average molecular weight is 256 g/mol. The largest absolute Gasteiger partial charge is 0.573 e. The van der Waals surface area contributed by atoms with Crippen molar-refractivity contribution >= 4 is 0 Å². The van der Waals surface area contributed by atoms with Gasteiger partial charge in [0.1, 0.15) is 5.75 Å². The summed E-state index contributed by atoms with van der Waals surface area (Å²) in [6, 6.07) is 4.46. The molecule has 2 rings (SSSR count). The van der Waals surface area contributed by atoms with Crippen molar-refractivity contribution in [2.24, 2.45) is 0 Å². The minimum absolute atomic E-state index is 0.192. The van der Waals surface area contributed by atoms with E-state index in [0.717, 1.165) is 11.4 Å². The van der Waals surface area contributed by atoms with Crippen molar-refractivity contribution in [3.63, 3.8) is 0 Å². The van der Waals surface area contributed by atoms with Crippen molar-refractivity contribution in [2.75, 3.05) is 0 Å². The minimum atomic E-state index is -4.67. The summed E-state index contributed by atoms with van der Waals surface area (Å²) in [5.74, 6) is -0.192. The Morgan fingerprint density at radius 1 is 1.22 bits per heavy atom. The van der Waals surface area contributed by atoms with Gasteiger partial charge < -0.3 is 9.30 Å². The van der Waals surface area contributed by atoms with Crippen LogP contribution in [0.2, 0.25) is 0 Å². The van der Waals surface area contributed by atoms with Crippen LogP contribution in [0.3, 0.4) is 0 Å². The highest BCUT2D eigenvalue weighted by atomic mass is 19.4. The lowest BCUT2D eigenvalue weighted by Crippen LogP contribution is -2.17. The standard InChI is InChI=1S/C12H11F3N2O/c1-8-5-10(17-6-9(2)16-7-17)3-4-11(8)18-12(13,14)15/h3-7H,1-2H3. The van der Waals surface area contributed by atoms with Crippen molar-refractivity contribution in [2.45, 2.75) is 20.2 Å². The van der Waals surface area contributed by atoms with Crippen LogP contribution in [0.4, 0.5) is 13.2 Å². The first-order chi connectivity index (χ1) is 8.35. The molecule has 96 valence electrons. The number of aryl methyl sites for hydroxylation is 2. The first-order valence-electron chi connectivity index (χ1n) is 5.22. The summed E-state index contributed by atoms with van der Waals surface area (Å²) in [5.41, 5.74) is 1.99. The first kappa shape index (κ1) is 12.5. The number of hydrogen-bond donors (Lipinski definition) is 0. The van der Waals surface area contributed by atoms with E-state index in [4.69, 9.17) is 0 Å². The van der Waals surface area contributed by atoms with Gasteiger partial charge >= 0.3 is 6.36 Å². The van der Waals surface area contributed by atoms with Crippen molar-refractivity contribution in [3.8, 4) is 11.4 Å². The van der Waals surface area contributed by atoms with Gasteiger partial charge in [-0.15, -0.1) is 13.2 Å². The van der Waals surface area contributed by atoms with E-state index in [2.05, 4.69) is 9.72 Å². The van der Waals surface area contributed by atoms with E-state index < -0.39 is 6.36 Å². The molecule has 0 aliphatic rings. The number of alkyl halides is 3. The number of halogens is 3. The van der Waals surface area contributed by atoms with Gasteiger partial charge in [0.05, 0.1) is 12.0 Å². The lowest BCUT2D eigenvalue weighted by atomic mass is 10.2. The van der Waals surface area contributed by atoms with Gasteiger partial charge in [0, 0.05) is 11.9 Å². The second kappa shape index (κ2) is 4.36. The number of hydrogen-bond acceptors (Lipinski definition) is 2. The SMILES string of the molecule is Cc1cn(-c2ccc(OC(F)(F)F)c(C)c2)cn1. The van der Waals surface area contributed by atoms with Crippen LogP contribution >= 0.6 is 0 Å². The van der Waals surface area contributed by atoms with E-state index >= 15 is 0 Å². The monoisotopic (exact) mass is 256 g/mol. The Labute approximate surface area is 102 Å². The molecule has 0 saturated carbocycles. The van der Waals surface area contributed by atoms with Gasteiger partial charge in [-0.25, -0.2) is 4.98 Å². The maximum absolute atomic E-state index is 12.1. The van der Waals surface area contributed by atoms with Gasteiger partial charge in [0.2, 0.25) is 0 Å². The van der Waals surface area contributed by atoms with Crippen LogP contribution in [-0.4, -0.2) is 15.9 Å². The van der Waals surface area contributed by atoms with Crippen LogP contribution in [0.5, 0.6) is 5.75 Å². The van der Waals surface area contributed by atoms with Crippen LogP contribution in [0, 0.1) is 13.8 Å². The zero-order chi connectivity index (χ0) is 13.3. The summed E-state index contributed by atoms with van der Waals surface area (Å²) in [7, 11) is 0. The molecular formula is C12H11F3N2O. The summed E-state index contributed by atoms with van der Waals surface area (Å²) >= 11 is 0. The molecule has 0 bridgehead atoms. The predicted molar refractivity (Wildman–Crippen MR) is 59.7 cm³/mol. The molecule has 1 aromatic carbocycles. The third-order valence-corrected chi connectivity index (χ3v) is 2.39. The molecule has 1 heterocycles. The Hall–Kier alpha value is -1.98. The molecule has 6 heteroatoms. The van der Waals surface area contributed by atoms with Gasteiger partial charge in [-0.05, 0) is 37.6 Å². The summed E-state index contributed by atoms with van der Waals surface area (Å²) in [4.78, 5) is 4.06. The minimum Gasteiger partial charge on any atom is -0.406 e. The summed E-state index contributed by atoms with van der Waals surface area (Å²) < 4.78 is 42.0. The van der Waals surface area contributed by atoms with Gasteiger partial charge in [0.25, 0.3) is 0 Å². The summed E-state index contributed by atoms with van der Waals surface area (Å²) in [5, 5.41) is 0. The fraction of sp³-hybridized carbons (Fsp3) is 0.250. The molecule has 0 fully saturated rings. The van der Waals surface area contributed by atoms with E-state index in [1.54, 1.807) is 36.1 Å². The fourth-order valence-corrected chi connectivity index (χ4v) is 1.60. The summed E-state index contributed by atoms with van der Waals surface area (Å²) in [6.07, 6.45) is -1.27. The van der Waals surface area contributed by atoms with Gasteiger partial charge in [-0.2, -0.15) is 0 Å². The van der Waals surface area contributed by atoms with E-state index in [0.29, 0.717) is 5.56 Å². The van der Waals surface area contributed by atoms with Gasteiger partial charge in [-0.1, -0.05) is 0 Å².